The first kappa shape index (κ1) is 23.4. The third-order valence-corrected chi connectivity index (χ3v) is 6.63. The standard InChI is InChI=1S/C31H23N9/c1-19(15-20-5-3-2-4-6-20)35-23-16-22(17-33-18-23)25-7-8-26-28(36-25)29(40-39-26)31-37-27-24(11-14-34-30(27)38-31)21-9-12-32-13-10-21/h2-14,16-18,35H,1,15H2,(H,39,40)(H,34,37,38). The molecule has 0 unspecified atom stereocenters. The van der Waals surface area contributed by atoms with Gasteiger partial charge in [-0.25, -0.2) is 15.0 Å². The van der Waals surface area contributed by atoms with E-state index in [2.05, 4.69) is 54.2 Å². The molecular weight excluding hydrogens is 498 g/mol. The Kier molecular flexibility index (Phi) is 5.78. The number of hydrogen-bond acceptors (Lipinski definition) is 7. The summed E-state index contributed by atoms with van der Waals surface area (Å²) in [7, 11) is 0. The Hall–Kier alpha value is -5.70. The molecule has 1 aromatic carbocycles. The number of H-pyrrole nitrogens is 2. The number of nitrogens with one attached hydrogen (secondary N) is 3. The van der Waals surface area contributed by atoms with Crippen LogP contribution in [0.5, 0.6) is 0 Å². The van der Waals surface area contributed by atoms with E-state index >= 15 is 0 Å². The van der Waals surface area contributed by atoms with Crippen molar-refractivity contribution in [1.82, 2.24) is 40.1 Å². The molecule has 9 heteroatoms. The van der Waals surface area contributed by atoms with Gasteiger partial charge in [-0.15, -0.1) is 0 Å². The fourth-order valence-corrected chi connectivity index (χ4v) is 4.76. The molecule has 0 aliphatic rings. The maximum atomic E-state index is 4.95. The number of fused-ring (bicyclic) bond motifs is 2. The van der Waals surface area contributed by atoms with E-state index in [1.807, 2.05) is 54.6 Å². The van der Waals surface area contributed by atoms with Crippen LogP contribution in [0.15, 0.2) is 110 Å². The molecule has 0 radical (unpaired) electrons. The van der Waals surface area contributed by atoms with E-state index in [1.165, 1.54) is 5.56 Å². The number of nitrogens with zero attached hydrogens (tertiary/aromatic N) is 6. The molecule has 0 fully saturated rings. The van der Waals surface area contributed by atoms with Crippen LogP contribution in [-0.4, -0.2) is 40.1 Å². The van der Waals surface area contributed by atoms with Gasteiger partial charge in [0.2, 0.25) is 0 Å². The lowest BCUT2D eigenvalue weighted by molar-refractivity contribution is 1.10. The van der Waals surface area contributed by atoms with E-state index in [1.54, 1.807) is 31.0 Å². The first-order valence-corrected chi connectivity index (χ1v) is 12.8. The lowest BCUT2D eigenvalue weighted by Crippen LogP contribution is -2.02. The summed E-state index contributed by atoms with van der Waals surface area (Å²) < 4.78 is 0. The van der Waals surface area contributed by atoms with Gasteiger partial charge >= 0.3 is 0 Å². The molecule has 0 saturated carbocycles. The Labute approximate surface area is 229 Å². The third-order valence-electron chi connectivity index (χ3n) is 6.63. The fourth-order valence-electron chi connectivity index (χ4n) is 4.76. The molecule has 0 aliphatic carbocycles. The summed E-state index contributed by atoms with van der Waals surface area (Å²) in [4.78, 5) is 26.1. The first-order valence-electron chi connectivity index (χ1n) is 12.8. The van der Waals surface area contributed by atoms with Crippen LogP contribution in [0.1, 0.15) is 5.56 Å². The zero-order chi connectivity index (χ0) is 26.9. The second-order valence-electron chi connectivity index (χ2n) is 9.40. The summed E-state index contributed by atoms with van der Waals surface area (Å²) in [5, 5.41) is 11.0. The van der Waals surface area contributed by atoms with E-state index in [4.69, 9.17) is 9.97 Å². The molecule has 0 spiro atoms. The Morgan fingerprint density at radius 1 is 0.850 bits per heavy atom. The quantitative estimate of drug-likeness (QED) is 0.229. The molecule has 192 valence electrons. The topological polar surface area (TPSA) is 121 Å². The molecule has 0 bridgehead atoms. The van der Waals surface area contributed by atoms with Crippen LogP contribution in [0.4, 0.5) is 5.69 Å². The summed E-state index contributed by atoms with van der Waals surface area (Å²) >= 11 is 0. The summed E-state index contributed by atoms with van der Waals surface area (Å²) in [6.45, 7) is 4.18. The summed E-state index contributed by atoms with van der Waals surface area (Å²) in [6, 6.07) is 22.0. The number of aromatic nitrogens is 8. The highest BCUT2D eigenvalue weighted by molar-refractivity contribution is 5.94. The molecule has 0 amide bonds. The van der Waals surface area contributed by atoms with E-state index in [9.17, 15) is 0 Å². The van der Waals surface area contributed by atoms with Crippen molar-refractivity contribution in [2.45, 2.75) is 6.42 Å². The van der Waals surface area contributed by atoms with Crippen LogP contribution in [0.25, 0.3) is 56.1 Å². The number of allylic oxidation sites excluding steroid dienone is 1. The minimum absolute atomic E-state index is 0.589. The summed E-state index contributed by atoms with van der Waals surface area (Å²) in [6.07, 6.45) is 9.59. The van der Waals surface area contributed by atoms with Crippen molar-refractivity contribution in [2.75, 3.05) is 5.32 Å². The zero-order valence-corrected chi connectivity index (χ0v) is 21.3. The minimum Gasteiger partial charge on any atom is -0.358 e. The molecule has 40 heavy (non-hydrogen) atoms. The van der Waals surface area contributed by atoms with Crippen molar-refractivity contribution in [2.24, 2.45) is 0 Å². The van der Waals surface area contributed by atoms with Crippen LogP contribution < -0.4 is 5.32 Å². The molecule has 7 rings (SSSR count). The highest BCUT2D eigenvalue weighted by Crippen LogP contribution is 2.31. The predicted octanol–water partition coefficient (Wildman–Crippen LogP) is 6.19. The largest absolute Gasteiger partial charge is 0.358 e. The van der Waals surface area contributed by atoms with Gasteiger partial charge < -0.3 is 10.3 Å². The van der Waals surface area contributed by atoms with Gasteiger partial charge in [-0.3, -0.25) is 15.1 Å². The first-order chi connectivity index (χ1) is 19.7. The Morgan fingerprint density at radius 2 is 1.73 bits per heavy atom. The van der Waals surface area contributed by atoms with Gasteiger partial charge in [0, 0.05) is 48.0 Å². The lowest BCUT2D eigenvalue weighted by atomic mass is 10.1. The smallest absolute Gasteiger partial charge is 0.178 e. The van der Waals surface area contributed by atoms with Crippen molar-refractivity contribution in [3.05, 3.63) is 116 Å². The highest BCUT2D eigenvalue weighted by Gasteiger charge is 2.17. The van der Waals surface area contributed by atoms with Crippen LogP contribution in [0.2, 0.25) is 0 Å². The molecular formula is C31H23N9. The molecule has 3 N–H and O–H groups in total. The highest BCUT2D eigenvalue weighted by atomic mass is 15.2. The molecule has 7 aromatic rings. The van der Waals surface area contributed by atoms with Gasteiger partial charge in [-0.1, -0.05) is 36.9 Å². The number of hydrogen-bond donors (Lipinski definition) is 3. The number of anilines is 1. The third kappa shape index (κ3) is 4.45. The predicted molar refractivity (Wildman–Crippen MR) is 156 cm³/mol. The normalized spacial score (nSPS) is 11.2. The lowest BCUT2D eigenvalue weighted by Gasteiger charge is -2.11. The summed E-state index contributed by atoms with van der Waals surface area (Å²) in [5.41, 5.74) is 10.1. The molecule has 0 atom stereocenters. The minimum atomic E-state index is 0.589. The van der Waals surface area contributed by atoms with Gasteiger partial charge in [0.05, 0.1) is 28.6 Å². The Bertz CT molecular complexity index is 1980. The number of imidazole rings is 1. The van der Waals surface area contributed by atoms with E-state index in [0.29, 0.717) is 22.7 Å². The van der Waals surface area contributed by atoms with Gasteiger partial charge in [0.1, 0.15) is 5.52 Å². The second kappa shape index (κ2) is 9.88. The van der Waals surface area contributed by atoms with E-state index in [-0.39, 0.29) is 0 Å². The summed E-state index contributed by atoms with van der Waals surface area (Å²) in [5.74, 6) is 0.589. The molecule has 9 nitrogen and oxygen atoms in total. The molecule has 6 aromatic heterocycles. The van der Waals surface area contributed by atoms with Crippen LogP contribution in [0.3, 0.4) is 0 Å². The average molecular weight is 522 g/mol. The van der Waals surface area contributed by atoms with Crippen molar-refractivity contribution >= 4 is 27.9 Å². The Morgan fingerprint density at radius 3 is 2.60 bits per heavy atom. The number of benzene rings is 1. The Balaban J connectivity index is 1.21. The molecule has 6 heterocycles. The van der Waals surface area contributed by atoms with Crippen LogP contribution >= 0.6 is 0 Å². The van der Waals surface area contributed by atoms with Gasteiger partial charge in [0.15, 0.2) is 17.2 Å². The SMILES string of the molecule is C=C(Cc1ccccc1)Nc1cncc(-c2ccc3[nH]nc(-c4nc5nccc(-c6ccncc6)c5[nH]4)c3n2)c1. The van der Waals surface area contributed by atoms with E-state index < -0.39 is 0 Å². The van der Waals surface area contributed by atoms with Crippen molar-refractivity contribution in [3.8, 4) is 33.9 Å². The zero-order valence-electron chi connectivity index (χ0n) is 21.3. The number of aromatic amines is 2. The average Bonchev–Trinajstić information content (AvgIpc) is 3.62. The molecule has 0 saturated heterocycles. The molecule has 0 aliphatic heterocycles. The maximum Gasteiger partial charge on any atom is 0.178 e. The van der Waals surface area contributed by atoms with Gasteiger partial charge in [-0.2, -0.15) is 5.10 Å². The second-order valence-corrected chi connectivity index (χ2v) is 9.40. The van der Waals surface area contributed by atoms with Crippen LogP contribution in [-0.2, 0) is 6.42 Å². The van der Waals surface area contributed by atoms with E-state index in [0.717, 1.165) is 51.2 Å². The van der Waals surface area contributed by atoms with Crippen molar-refractivity contribution in [1.29, 1.82) is 0 Å². The maximum absolute atomic E-state index is 4.95. The van der Waals surface area contributed by atoms with Gasteiger partial charge in [0.25, 0.3) is 0 Å². The van der Waals surface area contributed by atoms with Crippen molar-refractivity contribution < 1.29 is 0 Å². The fraction of sp³-hybridized carbons (Fsp3) is 0.0323. The number of rotatable bonds is 7. The van der Waals surface area contributed by atoms with Crippen LogP contribution in [0, 0.1) is 0 Å². The van der Waals surface area contributed by atoms with Crippen molar-refractivity contribution in [3.63, 3.8) is 0 Å². The monoisotopic (exact) mass is 521 g/mol. The number of pyridine rings is 4. The van der Waals surface area contributed by atoms with Gasteiger partial charge in [-0.05, 0) is 47.5 Å².